The molecule has 0 N–H and O–H groups in total. The first kappa shape index (κ1) is 24.7. The third kappa shape index (κ3) is 4.22. The molecule has 1 fully saturated rings. The first-order valence-electron chi connectivity index (χ1n) is 13.1. The summed E-state index contributed by atoms with van der Waals surface area (Å²) in [6, 6.07) is 32.8. The van der Waals surface area contributed by atoms with Gasteiger partial charge in [0.25, 0.3) is 0 Å². The largest absolute Gasteiger partial charge is 0.304 e. The molecule has 0 unspecified atom stereocenters. The molecule has 2 heterocycles. The molecular formula is C33H27FN2O3. The molecule has 2 aliphatic heterocycles. The van der Waals surface area contributed by atoms with Crippen molar-refractivity contribution in [3.8, 4) is 0 Å². The van der Waals surface area contributed by atoms with Gasteiger partial charge in [0.05, 0.1) is 30.1 Å². The maximum Gasteiger partial charge on any atom is 0.239 e. The Bertz CT molecular complexity index is 1540. The van der Waals surface area contributed by atoms with E-state index in [0.29, 0.717) is 5.56 Å². The van der Waals surface area contributed by atoms with E-state index in [1.165, 1.54) is 15.9 Å². The molecule has 4 aromatic rings. The molecule has 0 saturated carbocycles. The summed E-state index contributed by atoms with van der Waals surface area (Å²) in [5.74, 6) is -2.56. The fourth-order valence-corrected chi connectivity index (χ4v) is 6.07. The standard InChI is InChI=1S/C33H27FN2O3/c34-28-18-10-17-26-30(28)36(22-25-15-8-3-9-16-25)32(39)33(26,20-23-11-4-1-5-12-23)27-19-29(37)35(31(27)38)21-24-13-6-2-7-14-24/h1-18,27H,19-22H2/t27-,33+/m0/s1. The van der Waals surface area contributed by atoms with Crippen LogP contribution in [-0.4, -0.2) is 22.6 Å². The Morgan fingerprint density at radius 1 is 0.667 bits per heavy atom. The predicted molar refractivity (Wildman–Crippen MR) is 146 cm³/mol. The van der Waals surface area contributed by atoms with Gasteiger partial charge < -0.3 is 4.90 Å². The van der Waals surface area contributed by atoms with Crippen molar-refractivity contribution in [2.45, 2.75) is 31.3 Å². The third-order valence-corrected chi connectivity index (χ3v) is 7.90. The molecule has 4 aromatic carbocycles. The second-order valence-corrected chi connectivity index (χ2v) is 10.2. The maximum absolute atomic E-state index is 15.6. The van der Waals surface area contributed by atoms with E-state index >= 15 is 4.39 Å². The monoisotopic (exact) mass is 518 g/mol. The SMILES string of the molecule is O=C1C[C@H]([C@]2(Cc3ccccc3)C(=O)N(Cc3ccccc3)c3c(F)cccc32)C(=O)N1Cc1ccccc1. The summed E-state index contributed by atoms with van der Waals surface area (Å²) in [5.41, 5.74) is 1.72. The molecule has 0 aromatic heterocycles. The number of imide groups is 1. The maximum atomic E-state index is 15.6. The number of anilines is 1. The lowest BCUT2D eigenvalue weighted by Gasteiger charge is -2.33. The van der Waals surface area contributed by atoms with Crippen LogP contribution in [0.25, 0.3) is 0 Å². The first-order chi connectivity index (χ1) is 19.0. The van der Waals surface area contributed by atoms with E-state index < -0.39 is 23.1 Å². The van der Waals surface area contributed by atoms with E-state index in [2.05, 4.69) is 0 Å². The van der Waals surface area contributed by atoms with Crippen LogP contribution in [0.1, 0.15) is 28.7 Å². The van der Waals surface area contributed by atoms with E-state index in [0.717, 1.165) is 16.7 Å². The quantitative estimate of drug-likeness (QED) is 0.307. The predicted octanol–water partition coefficient (Wildman–Crippen LogP) is 5.43. The fraction of sp³-hybridized carbons (Fsp3) is 0.182. The number of carbonyl (C=O) groups is 3. The second kappa shape index (κ2) is 9.95. The molecule has 194 valence electrons. The van der Waals surface area contributed by atoms with E-state index in [1.807, 2.05) is 91.0 Å². The summed E-state index contributed by atoms with van der Waals surface area (Å²) >= 11 is 0. The number of fused-ring (bicyclic) bond motifs is 1. The highest BCUT2D eigenvalue weighted by atomic mass is 19.1. The summed E-state index contributed by atoms with van der Waals surface area (Å²) < 4.78 is 15.6. The Kier molecular flexibility index (Phi) is 6.31. The summed E-state index contributed by atoms with van der Waals surface area (Å²) in [6.07, 6.45) is 0.0661. The lowest BCUT2D eigenvalue weighted by molar-refractivity contribution is -0.142. The molecule has 0 radical (unpaired) electrons. The van der Waals surface area contributed by atoms with Gasteiger partial charge >= 0.3 is 0 Å². The van der Waals surface area contributed by atoms with Crippen molar-refractivity contribution in [1.82, 2.24) is 4.90 Å². The topological polar surface area (TPSA) is 57.7 Å². The zero-order chi connectivity index (χ0) is 27.0. The average Bonchev–Trinajstić information content (AvgIpc) is 3.37. The summed E-state index contributed by atoms with van der Waals surface area (Å²) in [5, 5.41) is 0. The highest BCUT2D eigenvalue weighted by molar-refractivity contribution is 6.14. The lowest BCUT2D eigenvalue weighted by atomic mass is 9.66. The number of likely N-dealkylation sites (tertiary alicyclic amines) is 1. The Hall–Kier alpha value is -4.58. The second-order valence-electron chi connectivity index (χ2n) is 10.2. The van der Waals surface area contributed by atoms with Crippen molar-refractivity contribution in [1.29, 1.82) is 0 Å². The van der Waals surface area contributed by atoms with Gasteiger partial charge in [-0.1, -0.05) is 103 Å². The van der Waals surface area contributed by atoms with Gasteiger partial charge in [-0.15, -0.1) is 0 Å². The Labute approximate surface area is 226 Å². The summed E-state index contributed by atoms with van der Waals surface area (Å²) in [6.45, 7) is 0.293. The van der Waals surface area contributed by atoms with Crippen molar-refractivity contribution < 1.29 is 18.8 Å². The molecule has 3 amide bonds. The van der Waals surface area contributed by atoms with Crippen LogP contribution in [0.5, 0.6) is 0 Å². The highest BCUT2D eigenvalue weighted by Crippen LogP contribution is 2.52. The number of para-hydroxylation sites is 1. The molecule has 0 aliphatic carbocycles. The molecular weight excluding hydrogens is 491 g/mol. The van der Waals surface area contributed by atoms with Crippen LogP contribution in [0.3, 0.4) is 0 Å². The average molecular weight is 519 g/mol. The van der Waals surface area contributed by atoms with Gasteiger partial charge in [-0.2, -0.15) is 0 Å². The van der Waals surface area contributed by atoms with Crippen LogP contribution in [0.2, 0.25) is 0 Å². The fourth-order valence-electron chi connectivity index (χ4n) is 6.07. The third-order valence-electron chi connectivity index (χ3n) is 7.90. The Morgan fingerprint density at radius 2 is 1.21 bits per heavy atom. The number of hydrogen-bond acceptors (Lipinski definition) is 3. The number of amides is 3. The molecule has 39 heavy (non-hydrogen) atoms. The zero-order valence-corrected chi connectivity index (χ0v) is 21.3. The van der Waals surface area contributed by atoms with Crippen molar-refractivity contribution in [3.05, 3.63) is 137 Å². The van der Waals surface area contributed by atoms with Gasteiger partial charge in [0.15, 0.2) is 0 Å². The lowest BCUT2D eigenvalue weighted by Crippen LogP contribution is -2.49. The Morgan fingerprint density at radius 3 is 1.79 bits per heavy atom. The van der Waals surface area contributed by atoms with Crippen molar-refractivity contribution >= 4 is 23.4 Å². The number of hydrogen-bond donors (Lipinski definition) is 0. The minimum Gasteiger partial charge on any atom is -0.304 e. The number of carbonyl (C=O) groups excluding carboxylic acids is 3. The van der Waals surface area contributed by atoms with Gasteiger partial charge in [-0.3, -0.25) is 19.3 Å². The van der Waals surface area contributed by atoms with Gasteiger partial charge in [-0.05, 0) is 34.7 Å². The van der Waals surface area contributed by atoms with Crippen LogP contribution in [-0.2, 0) is 39.3 Å². The van der Waals surface area contributed by atoms with Crippen LogP contribution in [0, 0.1) is 11.7 Å². The van der Waals surface area contributed by atoms with E-state index in [1.54, 1.807) is 12.1 Å². The first-order valence-corrected chi connectivity index (χ1v) is 13.1. The van der Waals surface area contributed by atoms with Crippen LogP contribution in [0.4, 0.5) is 10.1 Å². The number of nitrogens with zero attached hydrogens (tertiary/aromatic N) is 2. The van der Waals surface area contributed by atoms with Crippen molar-refractivity contribution in [3.63, 3.8) is 0 Å². The Balaban J connectivity index is 1.48. The molecule has 1 saturated heterocycles. The molecule has 5 nitrogen and oxygen atoms in total. The molecule has 2 atom stereocenters. The van der Waals surface area contributed by atoms with Gasteiger partial charge in [-0.25, -0.2) is 4.39 Å². The van der Waals surface area contributed by atoms with E-state index in [-0.39, 0.29) is 43.4 Å². The van der Waals surface area contributed by atoms with Gasteiger partial charge in [0.2, 0.25) is 17.7 Å². The molecule has 6 rings (SSSR count). The highest BCUT2D eigenvalue weighted by Gasteiger charge is 2.61. The van der Waals surface area contributed by atoms with Crippen LogP contribution in [0.15, 0.2) is 109 Å². The molecule has 0 bridgehead atoms. The minimum absolute atomic E-state index is 0.112. The number of benzene rings is 4. The smallest absolute Gasteiger partial charge is 0.239 e. The minimum atomic E-state index is -1.42. The molecule has 6 heteroatoms. The van der Waals surface area contributed by atoms with E-state index in [9.17, 15) is 14.4 Å². The van der Waals surface area contributed by atoms with Gasteiger partial charge in [0, 0.05) is 6.42 Å². The van der Waals surface area contributed by atoms with E-state index in [4.69, 9.17) is 0 Å². The normalized spacial score (nSPS) is 20.5. The molecule has 2 aliphatic rings. The summed E-state index contributed by atoms with van der Waals surface area (Å²) in [7, 11) is 0. The number of rotatable bonds is 7. The van der Waals surface area contributed by atoms with Crippen molar-refractivity contribution in [2.24, 2.45) is 5.92 Å². The van der Waals surface area contributed by atoms with Crippen molar-refractivity contribution in [2.75, 3.05) is 4.90 Å². The summed E-state index contributed by atoms with van der Waals surface area (Å²) in [4.78, 5) is 44.7. The number of halogens is 1. The van der Waals surface area contributed by atoms with Crippen LogP contribution >= 0.6 is 0 Å². The van der Waals surface area contributed by atoms with Crippen LogP contribution < -0.4 is 4.90 Å². The zero-order valence-electron chi connectivity index (χ0n) is 21.3. The molecule has 0 spiro atoms. The van der Waals surface area contributed by atoms with Gasteiger partial charge in [0.1, 0.15) is 5.82 Å².